The lowest BCUT2D eigenvalue weighted by Gasteiger charge is -2.33. The van der Waals surface area contributed by atoms with Crippen molar-refractivity contribution in [2.75, 3.05) is 6.54 Å². The molecule has 1 fully saturated rings. The largest absolute Gasteiger partial charge is 0.481 e. The molecule has 1 atom stereocenters. The summed E-state index contributed by atoms with van der Waals surface area (Å²) in [7, 11) is 0. The molecule has 17 heavy (non-hydrogen) atoms. The molecule has 0 aromatic rings. The standard InChI is InChI=1S/C12H22N2O3/c1-9(6-7-12(16)17)14(8-11(13)15)10-4-2-3-5-10/h9-10H,2-8H2,1H3,(H2,13,15)(H,16,17). The van der Waals surface area contributed by atoms with Gasteiger partial charge in [-0.1, -0.05) is 12.8 Å². The van der Waals surface area contributed by atoms with Crippen molar-refractivity contribution in [2.24, 2.45) is 5.73 Å². The fourth-order valence-electron chi connectivity index (χ4n) is 2.56. The second kappa shape index (κ2) is 6.59. The van der Waals surface area contributed by atoms with E-state index in [0.717, 1.165) is 12.8 Å². The molecule has 1 aliphatic carbocycles. The van der Waals surface area contributed by atoms with Crippen molar-refractivity contribution in [3.8, 4) is 0 Å². The first-order chi connectivity index (χ1) is 8.00. The Balaban J connectivity index is 2.54. The molecule has 5 nitrogen and oxygen atoms in total. The van der Waals surface area contributed by atoms with Gasteiger partial charge in [-0.05, 0) is 26.2 Å². The molecule has 0 saturated heterocycles. The Hall–Kier alpha value is -1.10. The minimum absolute atomic E-state index is 0.0988. The van der Waals surface area contributed by atoms with E-state index in [1.807, 2.05) is 6.92 Å². The topological polar surface area (TPSA) is 83.6 Å². The van der Waals surface area contributed by atoms with Gasteiger partial charge in [-0.25, -0.2) is 0 Å². The molecule has 1 saturated carbocycles. The quantitative estimate of drug-likeness (QED) is 0.696. The molecule has 0 radical (unpaired) electrons. The van der Waals surface area contributed by atoms with E-state index in [2.05, 4.69) is 4.90 Å². The van der Waals surface area contributed by atoms with Crippen molar-refractivity contribution < 1.29 is 14.7 Å². The second-order valence-corrected chi connectivity index (χ2v) is 4.86. The maximum atomic E-state index is 11.1. The predicted octanol–water partition coefficient (Wildman–Crippen LogP) is 0.970. The average Bonchev–Trinajstić information content (AvgIpc) is 2.75. The predicted molar refractivity (Wildman–Crippen MR) is 64.5 cm³/mol. The van der Waals surface area contributed by atoms with E-state index in [1.165, 1.54) is 12.8 Å². The highest BCUT2D eigenvalue weighted by atomic mass is 16.4. The lowest BCUT2D eigenvalue weighted by atomic mass is 10.1. The number of primary amides is 1. The van der Waals surface area contributed by atoms with Crippen LogP contribution in [-0.4, -0.2) is 40.5 Å². The Bertz CT molecular complexity index is 275. The fraction of sp³-hybridized carbons (Fsp3) is 0.833. The Morgan fingerprint density at radius 1 is 1.41 bits per heavy atom. The van der Waals surface area contributed by atoms with Crippen LogP contribution in [0.5, 0.6) is 0 Å². The molecule has 1 amide bonds. The van der Waals surface area contributed by atoms with Gasteiger partial charge in [0.1, 0.15) is 0 Å². The smallest absolute Gasteiger partial charge is 0.303 e. The van der Waals surface area contributed by atoms with Gasteiger partial charge in [0, 0.05) is 18.5 Å². The van der Waals surface area contributed by atoms with Gasteiger partial charge in [0.25, 0.3) is 0 Å². The van der Waals surface area contributed by atoms with Gasteiger partial charge >= 0.3 is 5.97 Å². The number of nitrogens with two attached hydrogens (primary N) is 1. The van der Waals surface area contributed by atoms with Crippen molar-refractivity contribution in [2.45, 2.75) is 57.5 Å². The fourth-order valence-corrected chi connectivity index (χ4v) is 2.56. The van der Waals surface area contributed by atoms with Gasteiger partial charge in [0.2, 0.25) is 5.91 Å². The van der Waals surface area contributed by atoms with Crippen molar-refractivity contribution in [1.29, 1.82) is 0 Å². The highest BCUT2D eigenvalue weighted by molar-refractivity contribution is 5.76. The summed E-state index contributed by atoms with van der Waals surface area (Å²) in [6.45, 7) is 2.22. The number of amides is 1. The molecular formula is C12H22N2O3. The van der Waals surface area contributed by atoms with Crippen molar-refractivity contribution >= 4 is 11.9 Å². The van der Waals surface area contributed by atoms with E-state index in [0.29, 0.717) is 12.5 Å². The second-order valence-electron chi connectivity index (χ2n) is 4.86. The molecule has 3 N–H and O–H groups in total. The zero-order chi connectivity index (χ0) is 12.8. The van der Waals surface area contributed by atoms with Gasteiger partial charge < -0.3 is 10.8 Å². The summed E-state index contributed by atoms with van der Waals surface area (Å²) >= 11 is 0. The highest BCUT2D eigenvalue weighted by Gasteiger charge is 2.27. The molecule has 0 aromatic heterocycles. The monoisotopic (exact) mass is 242 g/mol. The number of carboxylic acids is 1. The zero-order valence-electron chi connectivity index (χ0n) is 10.4. The summed E-state index contributed by atoms with van der Waals surface area (Å²) in [5, 5.41) is 8.68. The SMILES string of the molecule is CC(CCC(=O)O)N(CC(N)=O)C1CCCC1. The zero-order valence-corrected chi connectivity index (χ0v) is 10.4. The van der Waals surface area contributed by atoms with E-state index in [9.17, 15) is 9.59 Å². The summed E-state index contributed by atoms with van der Waals surface area (Å²) in [5.74, 6) is -1.12. The van der Waals surface area contributed by atoms with Gasteiger partial charge in [0.05, 0.1) is 6.54 Å². The molecule has 1 aliphatic rings. The number of hydrogen-bond acceptors (Lipinski definition) is 3. The van der Waals surface area contributed by atoms with E-state index >= 15 is 0 Å². The number of rotatable bonds is 7. The number of hydrogen-bond donors (Lipinski definition) is 2. The number of carbonyl (C=O) groups excluding carboxylic acids is 1. The third-order valence-electron chi connectivity index (χ3n) is 3.47. The highest BCUT2D eigenvalue weighted by Crippen LogP contribution is 2.25. The molecule has 0 aromatic carbocycles. The van der Waals surface area contributed by atoms with Gasteiger partial charge in [-0.15, -0.1) is 0 Å². The van der Waals surface area contributed by atoms with Gasteiger partial charge in [-0.2, -0.15) is 0 Å². The van der Waals surface area contributed by atoms with E-state index < -0.39 is 5.97 Å². The van der Waals surface area contributed by atoms with Gasteiger partial charge in [-0.3, -0.25) is 14.5 Å². The van der Waals surface area contributed by atoms with Crippen molar-refractivity contribution in [3.05, 3.63) is 0 Å². The van der Waals surface area contributed by atoms with Crippen LogP contribution in [0.2, 0.25) is 0 Å². The Morgan fingerprint density at radius 3 is 2.47 bits per heavy atom. The number of nitrogens with zero attached hydrogens (tertiary/aromatic N) is 1. The van der Waals surface area contributed by atoms with Crippen molar-refractivity contribution in [3.63, 3.8) is 0 Å². The van der Waals surface area contributed by atoms with Crippen LogP contribution in [0.15, 0.2) is 0 Å². The van der Waals surface area contributed by atoms with E-state index in [1.54, 1.807) is 0 Å². The Kier molecular flexibility index (Phi) is 5.41. The van der Waals surface area contributed by atoms with E-state index in [4.69, 9.17) is 10.8 Å². The third-order valence-corrected chi connectivity index (χ3v) is 3.47. The summed E-state index contributed by atoms with van der Waals surface area (Å²) in [6, 6.07) is 0.494. The first-order valence-corrected chi connectivity index (χ1v) is 6.26. The van der Waals surface area contributed by atoms with Crippen LogP contribution < -0.4 is 5.73 Å². The molecule has 0 bridgehead atoms. The molecular weight excluding hydrogens is 220 g/mol. The lowest BCUT2D eigenvalue weighted by molar-refractivity contribution is -0.137. The number of aliphatic carboxylic acids is 1. The first kappa shape index (κ1) is 14.0. The maximum Gasteiger partial charge on any atom is 0.303 e. The van der Waals surface area contributed by atoms with Crippen LogP contribution in [0.1, 0.15) is 45.4 Å². The molecule has 5 heteroatoms. The summed E-state index contributed by atoms with van der Waals surface area (Å²) < 4.78 is 0. The molecule has 1 unspecified atom stereocenters. The maximum absolute atomic E-state index is 11.1. The molecule has 0 spiro atoms. The van der Waals surface area contributed by atoms with Crippen LogP contribution in [-0.2, 0) is 9.59 Å². The van der Waals surface area contributed by atoms with Gasteiger partial charge in [0.15, 0.2) is 0 Å². The minimum Gasteiger partial charge on any atom is -0.481 e. The van der Waals surface area contributed by atoms with Crippen LogP contribution in [0.4, 0.5) is 0 Å². The molecule has 1 rings (SSSR count). The lowest BCUT2D eigenvalue weighted by Crippen LogP contribution is -2.45. The van der Waals surface area contributed by atoms with Crippen LogP contribution in [0.25, 0.3) is 0 Å². The van der Waals surface area contributed by atoms with E-state index in [-0.39, 0.29) is 24.9 Å². The first-order valence-electron chi connectivity index (χ1n) is 6.26. The van der Waals surface area contributed by atoms with Crippen molar-refractivity contribution in [1.82, 2.24) is 4.90 Å². The molecule has 0 heterocycles. The van der Waals surface area contributed by atoms with Crippen LogP contribution in [0.3, 0.4) is 0 Å². The average molecular weight is 242 g/mol. The molecule has 0 aliphatic heterocycles. The van der Waals surface area contributed by atoms with Crippen LogP contribution in [0, 0.1) is 0 Å². The summed E-state index contributed by atoms with van der Waals surface area (Å²) in [6.07, 6.45) is 5.26. The number of carboxylic acid groups (broad SMARTS) is 1. The number of carbonyl (C=O) groups is 2. The summed E-state index contributed by atoms with van der Waals surface area (Å²) in [4.78, 5) is 23.7. The third kappa shape index (κ3) is 4.73. The Morgan fingerprint density at radius 2 is 2.00 bits per heavy atom. The Labute approximate surface area is 102 Å². The molecule has 98 valence electrons. The minimum atomic E-state index is -0.790. The summed E-state index contributed by atoms with van der Waals surface area (Å²) in [5.41, 5.74) is 5.26. The normalized spacial score (nSPS) is 18.5. The van der Waals surface area contributed by atoms with Crippen LogP contribution >= 0.6 is 0 Å².